The molecule has 8 heteroatoms. The topological polar surface area (TPSA) is 84.3 Å². The quantitative estimate of drug-likeness (QED) is 0.604. The molecule has 6 nitrogen and oxygen atoms in total. The van der Waals surface area contributed by atoms with Gasteiger partial charge in [-0.25, -0.2) is 8.78 Å². The number of benzene rings is 2. The molecular formula is C18H19F2N3O3. The summed E-state index contributed by atoms with van der Waals surface area (Å²) in [5.41, 5.74) is 1.88. The van der Waals surface area contributed by atoms with Crippen molar-refractivity contribution in [2.24, 2.45) is 0 Å². The fourth-order valence-corrected chi connectivity index (χ4v) is 2.44. The Morgan fingerprint density at radius 3 is 2.50 bits per heavy atom. The van der Waals surface area contributed by atoms with E-state index in [2.05, 4.69) is 10.6 Å². The van der Waals surface area contributed by atoms with Gasteiger partial charge in [0.25, 0.3) is 5.69 Å². The van der Waals surface area contributed by atoms with Crippen LogP contribution in [-0.2, 0) is 4.79 Å². The predicted octanol–water partition coefficient (Wildman–Crippen LogP) is 3.78. The minimum atomic E-state index is -0.966. The molecule has 0 radical (unpaired) electrons. The van der Waals surface area contributed by atoms with E-state index in [-0.39, 0.29) is 17.9 Å². The van der Waals surface area contributed by atoms with Crippen LogP contribution in [0.3, 0.4) is 0 Å². The van der Waals surface area contributed by atoms with E-state index < -0.39 is 28.5 Å². The minimum Gasteiger partial charge on any atom is -0.319 e. The van der Waals surface area contributed by atoms with Gasteiger partial charge in [0.15, 0.2) is 11.6 Å². The van der Waals surface area contributed by atoms with Gasteiger partial charge in [-0.2, -0.15) is 0 Å². The van der Waals surface area contributed by atoms with Gasteiger partial charge < -0.3 is 10.6 Å². The van der Waals surface area contributed by atoms with Crippen molar-refractivity contribution in [1.29, 1.82) is 0 Å². The molecule has 0 aliphatic carbocycles. The third-order valence-electron chi connectivity index (χ3n) is 4.19. The van der Waals surface area contributed by atoms with Crippen LogP contribution in [0.2, 0.25) is 0 Å². The maximum atomic E-state index is 13.3. The lowest BCUT2D eigenvalue weighted by atomic mass is 10.1. The van der Waals surface area contributed by atoms with E-state index in [1.165, 1.54) is 12.1 Å². The predicted molar refractivity (Wildman–Crippen MR) is 94.0 cm³/mol. The molecule has 0 spiro atoms. The highest BCUT2D eigenvalue weighted by atomic mass is 19.2. The lowest BCUT2D eigenvalue weighted by Gasteiger charge is -2.15. The van der Waals surface area contributed by atoms with Gasteiger partial charge in [0, 0.05) is 12.1 Å². The molecule has 2 N–H and O–H groups in total. The second-order valence-electron chi connectivity index (χ2n) is 5.98. The Kier molecular flexibility index (Phi) is 5.99. The largest absolute Gasteiger partial charge is 0.319 e. The summed E-state index contributed by atoms with van der Waals surface area (Å²) in [6, 6.07) is 6.04. The first-order valence-corrected chi connectivity index (χ1v) is 7.93. The Bertz CT molecular complexity index is 856. The first-order valence-electron chi connectivity index (χ1n) is 7.93. The third kappa shape index (κ3) is 4.40. The Labute approximate surface area is 149 Å². The molecule has 0 aliphatic rings. The second-order valence-corrected chi connectivity index (χ2v) is 5.98. The zero-order valence-corrected chi connectivity index (χ0v) is 14.6. The van der Waals surface area contributed by atoms with Crippen molar-refractivity contribution in [1.82, 2.24) is 5.32 Å². The minimum absolute atomic E-state index is 0.148. The van der Waals surface area contributed by atoms with Gasteiger partial charge in [0.05, 0.1) is 11.5 Å². The highest BCUT2D eigenvalue weighted by Crippen LogP contribution is 2.30. The maximum Gasteiger partial charge on any atom is 0.293 e. The highest BCUT2D eigenvalue weighted by molar-refractivity contribution is 5.95. The van der Waals surface area contributed by atoms with Gasteiger partial charge in [0.2, 0.25) is 5.91 Å². The van der Waals surface area contributed by atoms with E-state index in [1.807, 2.05) is 0 Å². The number of nitrogens with one attached hydrogen (secondary N) is 2. The van der Waals surface area contributed by atoms with Crippen molar-refractivity contribution in [3.05, 3.63) is 68.8 Å². The number of halogens is 2. The Morgan fingerprint density at radius 1 is 1.19 bits per heavy atom. The zero-order chi connectivity index (χ0) is 19.4. The van der Waals surface area contributed by atoms with E-state index in [0.717, 1.165) is 17.7 Å². The van der Waals surface area contributed by atoms with Crippen LogP contribution in [0.25, 0.3) is 0 Å². The number of nitrogens with zero attached hydrogens (tertiary/aromatic N) is 1. The first-order chi connectivity index (χ1) is 12.2. The van der Waals surface area contributed by atoms with Crippen LogP contribution >= 0.6 is 0 Å². The monoisotopic (exact) mass is 363 g/mol. The number of hydrogen-bond donors (Lipinski definition) is 2. The average molecular weight is 363 g/mol. The van der Waals surface area contributed by atoms with Crippen molar-refractivity contribution in [3.8, 4) is 0 Å². The summed E-state index contributed by atoms with van der Waals surface area (Å²) in [7, 11) is 0. The maximum absolute atomic E-state index is 13.3. The number of carbonyl (C=O) groups is 1. The van der Waals surface area contributed by atoms with E-state index in [1.54, 1.807) is 26.8 Å². The van der Waals surface area contributed by atoms with Crippen LogP contribution in [-0.4, -0.2) is 17.4 Å². The van der Waals surface area contributed by atoms with Crippen LogP contribution in [0.5, 0.6) is 0 Å². The van der Waals surface area contributed by atoms with E-state index >= 15 is 0 Å². The molecule has 0 unspecified atom stereocenters. The number of hydrogen-bond acceptors (Lipinski definition) is 4. The number of nitro groups is 1. The van der Waals surface area contributed by atoms with Gasteiger partial charge in [-0.1, -0.05) is 12.1 Å². The number of anilines is 1. The van der Waals surface area contributed by atoms with Crippen molar-refractivity contribution in [2.45, 2.75) is 26.8 Å². The molecule has 2 rings (SSSR count). The molecule has 1 amide bonds. The lowest BCUT2D eigenvalue weighted by molar-refractivity contribution is -0.384. The summed E-state index contributed by atoms with van der Waals surface area (Å²) in [4.78, 5) is 22.8. The lowest BCUT2D eigenvalue weighted by Crippen LogP contribution is -2.30. The number of amides is 1. The normalized spacial score (nSPS) is 11.9. The molecule has 0 fully saturated rings. The second kappa shape index (κ2) is 8.01. The summed E-state index contributed by atoms with van der Waals surface area (Å²) in [6.07, 6.45) is 0. The Morgan fingerprint density at radius 2 is 1.88 bits per heavy atom. The molecule has 0 heterocycles. The van der Waals surface area contributed by atoms with Gasteiger partial charge in [-0.3, -0.25) is 14.9 Å². The Hall–Kier alpha value is -2.87. The number of rotatable bonds is 6. The molecular weight excluding hydrogens is 344 g/mol. The van der Waals surface area contributed by atoms with Crippen molar-refractivity contribution in [2.75, 3.05) is 11.9 Å². The summed E-state index contributed by atoms with van der Waals surface area (Å²) < 4.78 is 26.3. The van der Waals surface area contributed by atoms with Crippen LogP contribution in [0.1, 0.15) is 29.7 Å². The average Bonchev–Trinajstić information content (AvgIpc) is 2.59. The third-order valence-corrected chi connectivity index (χ3v) is 4.19. The SMILES string of the molecule is Cc1ccc([N+](=O)[O-])c(NC(=O)CN[C@@H](C)c2ccc(F)c(F)c2)c1C. The zero-order valence-electron chi connectivity index (χ0n) is 14.6. The molecule has 0 aromatic heterocycles. The van der Waals surface area contributed by atoms with Gasteiger partial charge in [-0.05, 0) is 49.6 Å². The number of aryl methyl sites for hydroxylation is 1. The van der Waals surface area contributed by atoms with Crippen LogP contribution in [0, 0.1) is 35.6 Å². The van der Waals surface area contributed by atoms with Gasteiger partial charge in [-0.15, -0.1) is 0 Å². The summed E-state index contributed by atoms with van der Waals surface area (Å²) in [6.45, 7) is 5.03. The molecule has 0 bridgehead atoms. The summed E-state index contributed by atoms with van der Waals surface area (Å²) >= 11 is 0. The number of nitro benzene ring substituents is 1. The van der Waals surface area contributed by atoms with Crippen LogP contribution in [0.4, 0.5) is 20.2 Å². The Balaban J connectivity index is 2.06. The highest BCUT2D eigenvalue weighted by Gasteiger charge is 2.19. The van der Waals surface area contributed by atoms with E-state index in [0.29, 0.717) is 11.1 Å². The molecule has 26 heavy (non-hydrogen) atoms. The van der Waals surface area contributed by atoms with Crippen molar-refractivity contribution < 1.29 is 18.5 Å². The molecule has 0 aliphatic heterocycles. The van der Waals surface area contributed by atoms with Crippen molar-refractivity contribution >= 4 is 17.3 Å². The summed E-state index contributed by atoms with van der Waals surface area (Å²) in [5.74, 6) is -2.39. The molecule has 0 saturated carbocycles. The summed E-state index contributed by atoms with van der Waals surface area (Å²) in [5, 5.41) is 16.6. The molecule has 138 valence electrons. The first kappa shape index (κ1) is 19.5. The van der Waals surface area contributed by atoms with E-state index in [4.69, 9.17) is 0 Å². The van der Waals surface area contributed by atoms with Crippen molar-refractivity contribution in [3.63, 3.8) is 0 Å². The number of carbonyl (C=O) groups excluding carboxylic acids is 1. The fourth-order valence-electron chi connectivity index (χ4n) is 2.44. The molecule has 2 aromatic carbocycles. The molecule has 0 saturated heterocycles. The van der Waals surface area contributed by atoms with Crippen LogP contribution < -0.4 is 10.6 Å². The van der Waals surface area contributed by atoms with Gasteiger partial charge >= 0.3 is 0 Å². The fraction of sp³-hybridized carbons (Fsp3) is 0.278. The smallest absolute Gasteiger partial charge is 0.293 e. The van der Waals surface area contributed by atoms with E-state index in [9.17, 15) is 23.7 Å². The van der Waals surface area contributed by atoms with Gasteiger partial charge in [0.1, 0.15) is 5.69 Å². The van der Waals surface area contributed by atoms with Crippen LogP contribution in [0.15, 0.2) is 30.3 Å². The molecule has 1 atom stereocenters. The standard InChI is InChI=1S/C18H19F2N3O3/c1-10-4-7-16(23(25)26)18(11(10)2)22-17(24)9-21-12(3)13-5-6-14(19)15(20)8-13/h4-8,12,21H,9H2,1-3H3,(H,22,24)/t12-/m0/s1. The molecule has 2 aromatic rings.